The Morgan fingerprint density at radius 3 is 2.76 bits per heavy atom. The molecule has 1 aromatic rings. The van der Waals surface area contributed by atoms with Crippen LogP contribution in [0.5, 0.6) is 0 Å². The van der Waals surface area contributed by atoms with Crippen molar-refractivity contribution in [3.05, 3.63) is 30.1 Å². The number of aliphatic imine (C=N–C) groups is 1. The van der Waals surface area contributed by atoms with E-state index in [1.807, 2.05) is 24.4 Å². The number of pyridine rings is 1. The summed E-state index contributed by atoms with van der Waals surface area (Å²) in [7, 11) is 1.79. The zero-order chi connectivity index (χ0) is 12.5. The number of hydrogen-bond acceptors (Lipinski definition) is 2. The highest BCUT2D eigenvalue weighted by Gasteiger charge is 1.99. The van der Waals surface area contributed by atoms with Crippen LogP contribution in [0.15, 0.2) is 29.4 Å². The van der Waals surface area contributed by atoms with Crippen molar-refractivity contribution in [2.24, 2.45) is 10.9 Å². The first-order valence-electron chi connectivity index (χ1n) is 6.06. The molecule has 0 atom stereocenters. The first-order valence-corrected chi connectivity index (χ1v) is 6.06. The standard InChI is InChI=1S/C13H22N4/c1-11(2)10-17-13(14-3)16-9-7-12-6-4-5-8-15-12/h4-6,8,11H,7,9-10H2,1-3H3,(H2,14,16,17). The van der Waals surface area contributed by atoms with E-state index in [9.17, 15) is 0 Å². The van der Waals surface area contributed by atoms with Crippen molar-refractivity contribution < 1.29 is 0 Å². The molecule has 1 rings (SSSR count). The highest BCUT2D eigenvalue weighted by Crippen LogP contribution is 1.93. The van der Waals surface area contributed by atoms with E-state index in [-0.39, 0.29) is 0 Å². The molecule has 2 N–H and O–H groups in total. The molecule has 94 valence electrons. The maximum Gasteiger partial charge on any atom is 0.190 e. The van der Waals surface area contributed by atoms with Crippen molar-refractivity contribution in [3.8, 4) is 0 Å². The highest BCUT2D eigenvalue weighted by atomic mass is 15.2. The number of nitrogens with one attached hydrogen (secondary N) is 2. The van der Waals surface area contributed by atoms with E-state index in [1.165, 1.54) is 0 Å². The van der Waals surface area contributed by atoms with Gasteiger partial charge in [-0.05, 0) is 18.1 Å². The van der Waals surface area contributed by atoms with Crippen LogP contribution in [-0.2, 0) is 6.42 Å². The lowest BCUT2D eigenvalue weighted by Crippen LogP contribution is -2.39. The Labute approximate surface area is 104 Å². The second kappa shape index (κ2) is 7.65. The molecule has 1 heterocycles. The van der Waals surface area contributed by atoms with Crippen LogP contribution in [0.1, 0.15) is 19.5 Å². The predicted molar refractivity (Wildman–Crippen MR) is 72.1 cm³/mol. The Kier molecular flexibility index (Phi) is 6.07. The minimum absolute atomic E-state index is 0.615. The van der Waals surface area contributed by atoms with Gasteiger partial charge < -0.3 is 10.6 Å². The summed E-state index contributed by atoms with van der Waals surface area (Å²) < 4.78 is 0. The lowest BCUT2D eigenvalue weighted by molar-refractivity contribution is 0.614. The lowest BCUT2D eigenvalue weighted by atomic mass is 10.2. The van der Waals surface area contributed by atoms with Crippen molar-refractivity contribution in [2.45, 2.75) is 20.3 Å². The fraction of sp³-hybridized carbons (Fsp3) is 0.538. The molecule has 0 saturated heterocycles. The maximum absolute atomic E-state index is 4.28. The Balaban J connectivity index is 2.25. The number of aromatic nitrogens is 1. The molecule has 0 amide bonds. The van der Waals surface area contributed by atoms with Gasteiger partial charge in [0.05, 0.1) is 0 Å². The summed E-state index contributed by atoms with van der Waals surface area (Å²) in [5.74, 6) is 1.47. The van der Waals surface area contributed by atoms with Crippen LogP contribution in [0.4, 0.5) is 0 Å². The molecule has 17 heavy (non-hydrogen) atoms. The van der Waals surface area contributed by atoms with E-state index in [0.29, 0.717) is 5.92 Å². The van der Waals surface area contributed by atoms with Gasteiger partial charge in [-0.25, -0.2) is 0 Å². The van der Waals surface area contributed by atoms with Crippen molar-refractivity contribution in [1.82, 2.24) is 15.6 Å². The molecule has 1 aromatic heterocycles. The fourth-order valence-electron chi connectivity index (χ4n) is 1.38. The molecule has 0 spiro atoms. The Hall–Kier alpha value is -1.58. The Morgan fingerprint density at radius 2 is 2.18 bits per heavy atom. The molecule has 0 aliphatic carbocycles. The van der Waals surface area contributed by atoms with Gasteiger partial charge in [0, 0.05) is 38.4 Å². The average Bonchev–Trinajstić information content (AvgIpc) is 2.34. The van der Waals surface area contributed by atoms with E-state index in [2.05, 4.69) is 34.5 Å². The van der Waals surface area contributed by atoms with Gasteiger partial charge in [0.1, 0.15) is 0 Å². The number of guanidine groups is 1. The van der Waals surface area contributed by atoms with E-state index in [1.54, 1.807) is 7.05 Å². The first kappa shape index (κ1) is 13.5. The third-order valence-electron chi connectivity index (χ3n) is 2.30. The topological polar surface area (TPSA) is 49.3 Å². The lowest BCUT2D eigenvalue weighted by Gasteiger charge is -2.13. The van der Waals surface area contributed by atoms with Gasteiger partial charge in [0.15, 0.2) is 5.96 Å². The van der Waals surface area contributed by atoms with Crippen LogP contribution in [0.2, 0.25) is 0 Å². The molecule has 0 aliphatic heterocycles. The van der Waals surface area contributed by atoms with E-state index in [4.69, 9.17) is 0 Å². The molecule has 0 aromatic carbocycles. The molecule has 0 saturated carbocycles. The van der Waals surface area contributed by atoms with Crippen LogP contribution >= 0.6 is 0 Å². The number of nitrogens with zero attached hydrogens (tertiary/aromatic N) is 2. The third kappa shape index (κ3) is 5.90. The summed E-state index contributed by atoms with van der Waals surface area (Å²) in [4.78, 5) is 8.44. The summed E-state index contributed by atoms with van der Waals surface area (Å²) in [6, 6.07) is 5.97. The Morgan fingerprint density at radius 1 is 1.35 bits per heavy atom. The van der Waals surface area contributed by atoms with Gasteiger partial charge in [-0.1, -0.05) is 19.9 Å². The summed E-state index contributed by atoms with van der Waals surface area (Å²) in [5, 5.41) is 6.55. The first-order chi connectivity index (χ1) is 8.22. The van der Waals surface area contributed by atoms with Gasteiger partial charge in [0.2, 0.25) is 0 Å². The molecule has 0 unspecified atom stereocenters. The van der Waals surface area contributed by atoms with Crippen LogP contribution in [-0.4, -0.2) is 31.1 Å². The van der Waals surface area contributed by atoms with Gasteiger partial charge in [-0.3, -0.25) is 9.98 Å². The zero-order valence-corrected chi connectivity index (χ0v) is 10.9. The minimum atomic E-state index is 0.615. The zero-order valence-electron chi connectivity index (χ0n) is 10.9. The van der Waals surface area contributed by atoms with E-state index in [0.717, 1.165) is 31.2 Å². The largest absolute Gasteiger partial charge is 0.356 e. The summed E-state index contributed by atoms with van der Waals surface area (Å²) in [6.45, 7) is 6.13. The van der Waals surface area contributed by atoms with E-state index < -0.39 is 0 Å². The SMILES string of the molecule is CN=C(NCCc1ccccn1)NCC(C)C. The van der Waals surface area contributed by atoms with Crippen molar-refractivity contribution >= 4 is 5.96 Å². The second-order valence-corrected chi connectivity index (χ2v) is 4.34. The maximum atomic E-state index is 4.28. The van der Waals surface area contributed by atoms with Gasteiger partial charge in [-0.15, -0.1) is 0 Å². The summed E-state index contributed by atoms with van der Waals surface area (Å²) >= 11 is 0. The molecule has 0 fully saturated rings. The summed E-state index contributed by atoms with van der Waals surface area (Å²) in [5.41, 5.74) is 1.10. The fourth-order valence-corrected chi connectivity index (χ4v) is 1.38. The number of hydrogen-bond donors (Lipinski definition) is 2. The second-order valence-electron chi connectivity index (χ2n) is 4.34. The van der Waals surface area contributed by atoms with Crippen LogP contribution < -0.4 is 10.6 Å². The normalized spacial score (nSPS) is 11.6. The number of rotatable bonds is 5. The van der Waals surface area contributed by atoms with E-state index >= 15 is 0 Å². The van der Waals surface area contributed by atoms with Gasteiger partial charge >= 0.3 is 0 Å². The van der Waals surface area contributed by atoms with Crippen molar-refractivity contribution in [3.63, 3.8) is 0 Å². The molecule has 0 radical (unpaired) electrons. The molecule has 0 bridgehead atoms. The smallest absolute Gasteiger partial charge is 0.190 e. The predicted octanol–water partition coefficient (Wildman–Crippen LogP) is 1.45. The molecule has 0 aliphatic rings. The Bertz CT molecular complexity index is 333. The van der Waals surface area contributed by atoms with Gasteiger partial charge in [0.25, 0.3) is 0 Å². The van der Waals surface area contributed by atoms with Crippen LogP contribution in [0, 0.1) is 5.92 Å². The van der Waals surface area contributed by atoms with Crippen LogP contribution in [0.3, 0.4) is 0 Å². The average molecular weight is 234 g/mol. The third-order valence-corrected chi connectivity index (χ3v) is 2.30. The summed E-state index contributed by atoms with van der Waals surface area (Å²) in [6.07, 6.45) is 2.73. The minimum Gasteiger partial charge on any atom is -0.356 e. The quantitative estimate of drug-likeness (QED) is 0.599. The molecular formula is C13H22N4. The molecule has 4 nitrogen and oxygen atoms in total. The highest BCUT2D eigenvalue weighted by molar-refractivity contribution is 5.79. The molecule has 4 heteroatoms. The van der Waals surface area contributed by atoms with Gasteiger partial charge in [-0.2, -0.15) is 0 Å². The monoisotopic (exact) mass is 234 g/mol. The van der Waals surface area contributed by atoms with Crippen molar-refractivity contribution in [2.75, 3.05) is 20.1 Å². The van der Waals surface area contributed by atoms with Crippen molar-refractivity contribution in [1.29, 1.82) is 0 Å². The van der Waals surface area contributed by atoms with Crippen LogP contribution in [0.25, 0.3) is 0 Å². The molecular weight excluding hydrogens is 212 g/mol.